The van der Waals surface area contributed by atoms with Crippen LogP contribution in [0, 0.1) is 0 Å². The van der Waals surface area contributed by atoms with E-state index in [0.717, 1.165) is 5.56 Å². The number of hydrogen-bond donors (Lipinski definition) is 1. The van der Waals surface area contributed by atoms with Crippen LogP contribution in [0.5, 0.6) is 0 Å². The van der Waals surface area contributed by atoms with Crippen molar-refractivity contribution < 1.29 is 13.2 Å². The molecule has 0 unspecified atom stereocenters. The van der Waals surface area contributed by atoms with Crippen LogP contribution in [-0.4, -0.2) is 60.9 Å². The number of nitrogen functional groups attached to an aromatic ring is 1. The number of ether oxygens (including phenoxy) is 1. The van der Waals surface area contributed by atoms with Crippen LogP contribution in [0.2, 0.25) is 0 Å². The van der Waals surface area contributed by atoms with E-state index in [4.69, 9.17) is 10.5 Å². The van der Waals surface area contributed by atoms with Gasteiger partial charge in [0.05, 0.1) is 30.0 Å². The fourth-order valence-electron chi connectivity index (χ4n) is 2.92. The normalized spacial score (nSPS) is 15.2. The van der Waals surface area contributed by atoms with Gasteiger partial charge in [-0.2, -0.15) is 9.97 Å². The van der Waals surface area contributed by atoms with Crippen molar-refractivity contribution in [2.24, 2.45) is 0 Å². The third-order valence-corrected chi connectivity index (χ3v) is 5.42. The maximum Gasteiger partial charge on any atom is 0.224 e. The second kappa shape index (κ2) is 6.71. The standard InChI is InChI=1S/C17H18N6O3S/c1-27(24,25)12-4-2-11(3-5-12)13-10-19-15-14(20-13)16(22-17(18)21-15)23-6-8-26-9-7-23/h2-5,10H,6-9H2,1H3,(H2,18,19,21,22). The average molecular weight is 386 g/mol. The van der Waals surface area contributed by atoms with Crippen molar-refractivity contribution in [2.75, 3.05) is 43.2 Å². The molecule has 0 radical (unpaired) electrons. The Labute approximate surface area is 156 Å². The minimum atomic E-state index is -3.25. The van der Waals surface area contributed by atoms with Gasteiger partial charge < -0.3 is 15.4 Å². The molecule has 0 spiro atoms. The fourth-order valence-corrected chi connectivity index (χ4v) is 3.55. The number of nitrogens with two attached hydrogens (primary N) is 1. The van der Waals surface area contributed by atoms with Crippen LogP contribution in [0.25, 0.3) is 22.4 Å². The molecule has 0 bridgehead atoms. The maximum absolute atomic E-state index is 11.6. The molecule has 1 aliphatic rings. The first-order chi connectivity index (χ1) is 12.9. The van der Waals surface area contributed by atoms with Crippen molar-refractivity contribution in [1.82, 2.24) is 19.9 Å². The van der Waals surface area contributed by atoms with Crippen LogP contribution in [0.1, 0.15) is 0 Å². The summed E-state index contributed by atoms with van der Waals surface area (Å²) >= 11 is 0. The summed E-state index contributed by atoms with van der Waals surface area (Å²) in [6.45, 7) is 2.57. The van der Waals surface area contributed by atoms with Crippen molar-refractivity contribution in [3.8, 4) is 11.3 Å². The first-order valence-corrected chi connectivity index (χ1v) is 10.2. The van der Waals surface area contributed by atoms with Crippen LogP contribution >= 0.6 is 0 Å². The molecule has 3 heterocycles. The number of hydrogen-bond acceptors (Lipinski definition) is 9. The van der Waals surface area contributed by atoms with Crippen molar-refractivity contribution in [2.45, 2.75) is 4.90 Å². The highest BCUT2D eigenvalue weighted by Gasteiger charge is 2.19. The Bertz CT molecular complexity index is 1100. The third-order valence-electron chi connectivity index (χ3n) is 4.29. The van der Waals surface area contributed by atoms with Crippen LogP contribution in [-0.2, 0) is 14.6 Å². The number of rotatable bonds is 3. The summed E-state index contributed by atoms with van der Waals surface area (Å²) in [6.07, 6.45) is 2.77. The molecule has 2 N–H and O–H groups in total. The Kier molecular flexibility index (Phi) is 4.36. The molecule has 0 saturated carbocycles. The molecule has 0 amide bonds. The molecular weight excluding hydrogens is 368 g/mol. The van der Waals surface area contributed by atoms with Gasteiger partial charge in [-0.3, -0.25) is 0 Å². The molecule has 10 heteroatoms. The number of morpholine rings is 1. The van der Waals surface area contributed by atoms with E-state index in [9.17, 15) is 8.42 Å². The average Bonchev–Trinajstić information content (AvgIpc) is 2.67. The SMILES string of the molecule is CS(=O)(=O)c1ccc(-c2cnc3nc(N)nc(N4CCOCC4)c3n2)cc1. The first kappa shape index (κ1) is 17.6. The Hall–Kier alpha value is -2.85. The third kappa shape index (κ3) is 3.53. The number of benzene rings is 1. The summed E-state index contributed by atoms with van der Waals surface area (Å²) < 4.78 is 28.7. The number of nitrogens with zero attached hydrogens (tertiary/aromatic N) is 5. The molecule has 1 fully saturated rings. The summed E-state index contributed by atoms with van der Waals surface area (Å²) in [5.41, 5.74) is 8.16. The van der Waals surface area contributed by atoms with E-state index in [1.54, 1.807) is 30.5 Å². The van der Waals surface area contributed by atoms with E-state index in [1.807, 2.05) is 0 Å². The number of sulfone groups is 1. The summed E-state index contributed by atoms with van der Waals surface area (Å²) in [4.78, 5) is 19.9. The zero-order valence-corrected chi connectivity index (χ0v) is 15.5. The van der Waals surface area contributed by atoms with E-state index >= 15 is 0 Å². The van der Waals surface area contributed by atoms with Gasteiger partial charge in [0.25, 0.3) is 0 Å². The van der Waals surface area contributed by atoms with Gasteiger partial charge in [-0.25, -0.2) is 18.4 Å². The van der Waals surface area contributed by atoms with Gasteiger partial charge in [0.15, 0.2) is 26.8 Å². The molecule has 1 aromatic carbocycles. The Morgan fingerprint density at radius 3 is 2.44 bits per heavy atom. The van der Waals surface area contributed by atoms with E-state index in [2.05, 4.69) is 24.8 Å². The molecular formula is C17H18N6O3S. The molecule has 0 atom stereocenters. The zero-order valence-electron chi connectivity index (χ0n) is 14.7. The molecule has 27 heavy (non-hydrogen) atoms. The van der Waals surface area contributed by atoms with Crippen molar-refractivity contribution in [3.63, 3.8) is 0 Å². The molecule has 1 aliphatic heterocycles. The van der Waals surface area contributed by atoms with Gasteiger partial charge in [0.1, 0.15) is 0 Å². The monoisotopic (exact) mass is 386 g/mol. The van der Waals surface area contributed by atoms with Crippen LogP contribution in [0.4, 0.5) is 11.8 Å². The largest absolute Gasteiger partial charge is 0.378 e. The highest BCUT2D eigenvalue weighted by Crippen LogP contribution is 2.26. The van der Waals surface area contributed by atoms with Crippen molar-refractivity contribution >= 4 is 32.8 Å². The van der Waals surface area contributed by atoms with Gasteiger partial charge in [-0.1, -0.05) is 12.1 Å². The van der Waals surface area contributed by atoms with Gasteiger partial charge in [-0.15, -0.1) is 0 Å². The fraction of sp³-hybridized carbons (Fsp3) is 0.294. The smallest absolute Gasteiger partial charge is 0.224 e. The predicted molar refractivity (Wildman–Crippen MR) is 101 cm³/mol. The summed E-state index contributed by atoms with van der Waals surface area (Å²) in [6, 6.07) is 6.52. The van der Waals surface area contributed by atoms with Crippen molar-refractivity contribution in [3.05, 3.63) is 30.5 Å². The quantitative estimate of drug-likeness (QED) is 0.699. The van der Waals surface area contributed by atoms with Gasteiger partial charge in [-0.05, 0) is 12.1 Å². The van der Waals surface area contributed by atoms with Gasteiger partial charge in [0, 0.05) is 24.9 Å². The van der Waals surface area contributed by atoms with E-state index in [0.29, 0.717) is 49.0 Å². The molecule has 4 rings (SSSR count). The number of fused-ring (bicyclic) bond motifs is 1. The lowest BCUT2D eigenvalue weighted by molar-refractivity contribution is 0.122. The lowest BCUT2D eigenvalue weighted by atomic mass is 10.1. The highest BCUT2D eigenvalue weighted by atomic mass is 32.2. The Balaban J connectivity index is 1.80. The van der Waals surface area contributed by atoms with Crippen LogP contribution in [0.15, 0.2) is 35.4 Å². The second-order valence-electron chi connectivity index (χ2n) is 6.23. The lowest BCUT2D eigenvalue weighted by Crippen LogP contribution is -2.37. The molecule has 1 saturated heterocycles. The molecule has 2 aromatic heterocycles. The molecule has 140 valence electrons. The minimum absolute atomic E-state index is 0.142. The van der Waals surface area contributed by atoms with E-state index in [-0.39, 0.29) is 10.8 Å². The second-order valence-corrected chi connectivity index (χ2v) is 8.24. The van der Waals surface area contributed by atoms with Crippen molar-refractivity contribution in [1.29, 1.82) is 0 Å². The van der Waals surface area contributed by atoms with E-state index < -0.39 is 9.84 Å². The Morgan fingerprint density at radius 1 is 1.07 bits per heavy atom. The predicted octanol–water partition coefficient (Wildman–Crippen LogP) is 0.909. The summed E-state index contributed by atoms with van der Waals surface area (Å²) in [5.74, 6) is 0.770. The topological polar surface area (TPSA) is 124 Å². The Morgan fingerprint density at radius 2 is 1.78 bits per heavy atom. The minimum Gasteiger partial charge on any atom is -0.378 e. The zero-order chi connectivity index (χ0) is 19.0. The van der Waals surface area contributed by atoms with Crippen LogP contribution in [0.3, 0.4) is 0 Å². The molecule has 3 aromatic rings. The summed E-state index contributed by atoms with van der Waals surface area (Å²) in [7, 11) is -3.25. The van der Waals surface area contributed by atoms with Gasteiger partial charge >= 0.3 is 0 Å². The number of aromatic nitrogens is 4. The summed E-state index contributed by atoms with van der Waals surface area (Å²) in [5, 5.41) is 0. The molecule has 0 aliphatic carbocycles. The highest BCUT2D eigenvalue weighted by molar-refractivity contribution is 7.90. The maximum atomic E-state index is 11.6. The van der Waals surface area contributed by atoms with E-state index in [1.165, 1.54) is 6.26 Å². The lowest BCUT2D eigenvalue weighted by Gasteiger charge is -2.28. The van der Waals surface area contributed by atoms with Gasteiger partial charge in [0.2, 0.25) is 5.95 Å². The first-order valence-electron chi connectivity index (χ1n) is 8.35. The molecule has 9 nitrogen and oxygen atoms in total. The number of anilines is 2. The van der Waals surface area contributed by atoms with Crippen LogP contribution < -0.4 is 10.6 Å².